The van der Waals surface area contributed by atoms with E-state index in [1.54, 1.807) is 0 Å². The summed E-state index contributed by atoms with van der Waals surface area (Å²) < 4.78 is 0. The lowest BCUT2D eigenvalue weighted by molar-refractivity contribution is -0.0140. The molecule has 0 bridgehead atoms. The van der Waals surface area contributed by atoms with Crippen LogP contribution in [0, 0.1) is 11.3 Å². The molecule has 0 saturated heterocycles. The van der Waals surface area contributed by atoms with Gasteiger partial charge in [0.15, 0.2) is 0 Å². The largest absolute Gasteiger partial charge is 0.393 e. The SMILES string of the molecule is CCCCC1C(O)CCCC1(C)C. The summed E-state index contributed by atoms with van der Waals surface area (Å²) in [5.74, 6) is 0.543. The third-order valence-electron chi connectivity index (χ3n) is 3.66. The van der Waals surface area contributed by atoms with E-state index in [-0.39, 0.29) is 6.10 Å². The van der Waals surface area contributed by atoms with Crippen molar-refractivity contribution in [3.63, 3.8) is 0 Å². The van der Waals surface area contributed by atoms with Gasteiger partial charge in [-0.15, -0.1) is 0 Å². The standard InChI is InChI=1S/C12H24O/c1-4-5-7-10-11(13)8-6-9-12(10,2)3/h10-11,13H,4-9H2,1-3H3. The Labute approximate surface area is 82.5 Å². The average molecular weight is 184 g/mol. The molecule has 1 fully saturated rings. The molecule has 0 spiro atoms. The highest BCUT2D eigenvalue weighted by Gasteiger charge is 2.37. The summed E-state index contributed by atoms with van der Waals surface area (Å²) in [7, 11) is 0. The molecule has 1 aliphatic rings. The molecule has 1 saturated carbocycles. The Morgan fingerprint density at radius 3 is 2.62 bits per heavy atom. The fourth-order valence-corrected chi connectivity index (χ4v) is 2.68. The zero-order valence-electron chi connectivity index (χ0n) is 9.34. The first-order valence-electron chi connectivity index (χ1n) is 5.76. The van der Waals surface area contributed by atoms with E-state index in [4.69, 9.17) is 0 Å². The molecule has 1 heteroatoms. The summed E-state index contributed by atoms with van der Waals surface area (Å²) in [4.78, 5) is 0. The van der Waals surface area contributed by atoms with E-state index in [0.717, 1.165) is 6.42 Å². The molecule has 13 heavy (non-hydrogen) atoms. The van der Waals surface area contributed by atoms with Gasteiger partial charge in [-0.05, 0) is 30.6 Å². The van der Waals surface area contributed by atoms with Crippen molar-refractivity contribution in [1.29, 1.82) is 0 Å². The number of aliphatic hydroxyl groups excluding tert-OH is 1. The molecule has 0 amide bonds. The number of rotatable bonds is 3. The van der Waals surface area contributed by atoms with E-state index >= 15 is 0 Å². The molecule has 2 atom stereocenters. The van der Waals surface area contributed by atoms with Gasteiger partial charge in [-0.1, -0.05) is 40.0 Å². The van der Waals surface area contributed by atoms with Crippen molar-refractivity contribution in [2.45, 2.75) is 65.4 Å². The quantitative estimate of drug-likeness (QED) is 0.713. The zero-order valence-corrected chi connectivity index (χ0v) is 9.34. The van der Waals surface area contributed by atoms with Crippen molar-refractivity contribution in [3.8, 4) is 0 Å². The number of unbranched alkanes of at least 4 members (excludes halogenated alkanes) is 1. The molecule has 1 aliphatic carbocycles. The lowest BCUT2D eigenvalue weighted by Gasteiger charge is -2.42. The van der Waals surface area contributed by atoms with E-state index in [1.165, 1.54) is 32.1 Å². The maximum Gasteiger partial charge on any atom is 0.0573 e. The first-order valence-corrected chi connectivity index (χ1v) is 5.76. The van der Waals surface area contributed by atoms with Crippen LogP contribution in [0.4, 0.5) is 0 Å². The smallest absolute Gasteiger partial charge is 0.0573 e. The molecule has 0 aliphatic heterocycles. The van der Waals surface area contributed by atoms with Crippen LogP contribution in [-0.4, -0.2) is 11.2 Å². The van der Waals surface area contributed by atoms with Crippen LogP contribution < -0.4 is 0 Å². The van der Waals surface area contributed by atoms with Gasteiger partial charge < -0.3 is 5.11 Å². The van der Waals surface area contributed by atoms with E-state index in [9.17, 15) is 5.11 Å². The second kappa shape index (κ2) is 4.45. The molecule has 1 N–H and O–H groups in total. The molecular weight excluding hydrogens is 160 g/mol. The zero-order chi connectivity index (χ0) is 9.90. The van der Waals surface area contributed by atoms with Crippen LogP contribution in [0.1, 0.15) is 59.3 Å². The second-order valence-electron chi connectivity index (χ2n) is 5.20. The van der Waals surface area contributed by atoms with Crippen molar-refractivity contribution in [2.75, 3.05) is 0 Å². The Hall–Kier alpha value is -0.0400. The summed E-state index contributed by atoms with van der Waals surface area (Å²) in [6.45, 7) is 6.85. The molecule has 0 aromatic carbocycles. The van der Waals surface area contributed by atoms with Crippen molar-refractivity contribution < 1.29 is 5.11 Å². The topological polar surface area (TPSA) is 20.2 Å². The Balaban J connectivity index is 2.52. The summed E-state index contributed by atoms with van der Waals surface area (Å²) >= 11 is 0. The highest BCUT2D eigenvalue weighted by Crippen LogP contribution is 2.43. The van der Waals surface area contributed by atoms with Gasteiger partial charge in [0.1, 0.15) is 0 Å². The predicted molar refractivity (Wildman–Crippen MR) is 56.7 cm³/mol. The van der Waals surface area contributed by atoms with Crippen LogP contribution >= 0.6 is 0 Å². The van der Waals surface area contributed by atoms with Crippen LogP contribution in [0.25, 0.3) is 0 Å². The Kier molecular flexibility index (Phi) is 3.78. The van der Waals surface area contributed by atoms with Crippen LogP contribution in [0.5, 0.6) is 0 Å². The molecule has 0 aromatic heterocycles. The van der Waals surface area contributed by atoms with Gasteiger partial charge in [-0.3, -0.25) is 0 Å². The van der Waals surface area contributed by atoms with Gasteiger partial charge in [0.2, 0.25) is 0 Å². The second-order valence-corrected chi connectivity index (χ2v) is 5.20. The minimum Gasteiger partial charge on any atom is -0.393 e. The molecule has 0 aromatic rings. The van der Waals surface area contributed by atoms with Gasteiger partial charge in [0.05, 0.1) is 6.10 Å². The van der Waals surface area contributed by atoms with Crippen LogP contribution in [0.2, 0.25) is 0 Å². The highest BCUT2D eigenvalue weighted by atomic mass is 16.3. The van der Waals surface area contributed by atoms with Gasteiger partial charge >= 0.3 is 0 Å². The minimum absolute atomic E-state index is 0.0321. The minimum atomic E-state index is -0.0321. The predicted octanol–water partition coefficient (Wildman–Crippen LogP) is 3.36. The maximum atomic E-state index is 9.93. The molecule has 0 heterocycles. The molecule has 78 valence electrons. The monoisotopic (exact) mass is 184 g/mol. The fourth-order valence-electron chi connectivity index (χ4n) is 2.68. The fraction of sp³-hybridized carbons (Fsp3) is 1.00. The summed E-state index contributed by atoms with van der Waals surface area (Å²) in [6.07, 6.45) is 7.22. The Bertz CT molecular complexity index is 151. The third-order valence-corrected chi connectivity index (χ3v) is 3.66. The van der Waals surface area contributed by atoms with Crippen LogP contribution in [0.15, 0.2) is 0 Å². The van der Waals surface area contributed by atoms with Crippen molar-refractivity contribution >= 4 is 0 Å². The number of hydrogen-bond donors (Lipinski definition) is 1. The van der Waals surface area contributed by atoms with Crippen LogP contribution in [-0.2, 0) is 0 Å². The normalized spacial score (nSPS) is 33.2. The number of aliphatic hydroxyl groups is 1. The maximum absolute atomic E-state index is 9.93. The summed E-state index contributed by atoms with van der Waals surface area (Å²) in [5.41, 5.74) is 0.368. The van der Waals surface area contributed by atoms with Crippen LogP contribution in [0.3, 0.4) is 0 Å². The summed E-state index contributed by atoms with van der Waals surface area (Å²) in [6, 6.07) is 0. The molecular formula is C12H24O. The Morgan fingerprint density at radius 1 is 1.38 bits per heavy atom. The Morgan fingerprint density at radius 2 is 2.08 bits per heavy atom. The molecule has 2 unspecified atom stereocenters. The lowest BCUT2D eigenvalue weighted by atomic mass is 9.66. The van der Waals surface area contributed by atoms with E-state index in [0.29, 0.717) is 11.3 Å². The van der Waals surface area contributed by atoms with E-state index in [2.05, 4.69) is 20.8 Å². The average Bonchev–Trinajstić information content (AvgIpc) is 2.02. The van der Waals surface area contributed by atoms with Crippen molar-refractivity contribution in [2.24, 2.45) is 11.3 Å². The van der Waals surface area contributed by atoms with Gasteiger partial charge in [0.25, 0.3) is 0 Å². The van der Waals surface area contributed by atoms with Gasteiger partial charge in [-0.2, -0.15) is 0 Å². The molecule has 1 nitrogen and oxygen atoms in total. The van der Waals surface area contributed by atoms with E-state index in [1.807, 2.05) is 0 Å². The molecule has 1 rings (SSSR count). The lowest BCUT2D eigenvalue weighted by Crippen LogP contribution is -2.38. The third kappa shape index (κ3) is 2.70. The number of hydrogen-bond acceptors (Lipinski definition) is 1. The molecule has 0 radical (unpaired) electrons. The first kappa shape index (κ1) is 11.0. The van der Waals surface area contributed by atoms with Gasteiger partial charge in [-0.25, -0.2) is 0 Å². The van der Waals surface area contributed by atoms with Crippen molar-refractivity contribution in [1.82, 2.24) is 0 Å². The van der Waals surface area contributed by atoms with Crippen molar-refractivity contribution in [3.05, 3.63) is 0 Å². The first-order chi connectivity index (χ1) is 6.08. The summed E-state index contributed by atoms with van der Waals surface area (Å²) in [5, 5.41) is 9.93. The van der Waals surface area contributed by atoms with Gasteiger partial charge in [0, 0.05) is 0 Å². The highest BCUT2D eigenvalue weighted by molar-refractivity contribution is 4.87. The van der Waals surface area contributed by atoms with E-state index < -0.39 is 0 Å².